The van der Waals surface area contributed by atoms with Crippen molar-refractivity contribution in [1.82, 2.24) is 25.1 Å². The van der Waals surface area contributed by atoms with Crippen molar-refractivity contribution in [3.63, 3.8) is 0 Å². The quantitative estimate of drug-likeness (QED) is 0.665. The van der Waals surface area contributed by atoms with Crippen LogP contribution in [0.15, 0.2) is 54.6 Å². The Morgan fingerprint density at radius 2 is 1.67 bits per heavy atom. The highest BCUT2D eigenvalue weighted by Crippen LogP contribution is 2.27. The Labute approximate surface area is 156 Å². The first-order valence-corrected chi connectivity index (χ1v) is 8.60. The van der Waals surface area contributed by atoms with E-state index in [9.17, 15) is 9.59 Å². The van der Waals surface area contributed by atoms with Crippen molar-refractivity contribution in [2.45, 2.75) is 26.4 Å². The monoisotopic (exact) mass is 362 g/mol. The second kappa shape index (κ2) is 6.64. The number of carbonyl (C=O) groups is 2. The Hall–Kier alpha value is -3.55. The van der Waals surface area contributed by atoms with Crippen LogP contribution in [-0.2, 0) is 11.3 Å². The molecule has 1 aromatic heterocycles. The van der Waals surface area contributed by atoms with Crippen LogP contribution in [0.4, 0.5) is 10.5 Å². The number of tetrazole rings is 1. The van der Waals surface area contributed by atoms with Crippen molar-refractivity contribution in [3.05, 3.63) is 66.0 Å². The maximum Gasteiger partial charge on any atom is 0.332 e. The molecule has 8 heteroatoms. The molecule has 0 saturated carbocycles. The first-order valence-electron chi connectivity index (χ1n) is 8.60. The molecule has 1 atom stereocenters. The zero-order valence-electron chi connectivity index (χ0n) is 15.0. The highest BCUT2D eigenvalue weighted by Gasteiger charge is 2.43. The van der Waals surface area contributed by atoms with Crippen LogP contribution in [0.3, 0.4) is 0 Å². The van der Waals surface area contributed by atoms with Gasteiger partial charge in [-0.05, 0) is 48.5 Å². The van der Waals surface area contributed by atoms with Gasteiger partial charge in [-0.15, -0.1) is 5.10 Å². The third kappa shape index (κ3) is 2.95. The van der Waals surface area contributed by atoms with E-state index in [0.717, 1.165) is 11.3 Å². The van der Waals surface area contributed by atoms with Crippen LogP contribution in [0.5, 0.6) is 0 Å². The molecule has 0 N–H and O–H groups in total. The van der Waals surface area contributed by atoms with Gasteiger partial charge in [-0.2, -0.15) is 4.68 Å². The first-order chi connectivity index (χ1) is 13.1. The van der Waals surface area contributed by atoms with Gasteiger partial charge in [0.15, 0.2) is 5.82 Å². The van der Waals surface area contributed by atoms with Gasteiger partial charge in [0.2, 0.25) is 0 Å². The van der Waals surface area contributed by atoms with Gasteiger partial charge in [-0.25, -0.2) is 4.79 Å². The normalized spacial score (nSPS) is 17.0. The number of urea groups is 1. The molecule has 1 saturated heterocycles. The van der Waals surface area contributed by atoms with E-state index >= 15 is 0 Å². The minimum absolute atomic E-state index is 0.00621. The van der Waals surface area contributed by atoms with Gasteiger partial charge in [-0.1, -0.05) is 35.9 Å². The summed E-state index contributed by atoms with van der Waals surface area (Å²) in [6, 6.07) is 15.9. The van der Waals surface area contributed by atoms with Crippen LogP contribution >= 0.6 is 0 Å². The summed E-state index contributed by atoms with van der Waals surface area (Å²) in [4.78, 5) is 28.4. The lowest BCUT2D eigenvalue weighted by Crippen LogP contribution is -2.34. The van der Waals surface area contributed by atoms with Gasteiger partial charge in [0, 0.05) is 5.69 Å². The van der Waals surface area contributed by atoms with Crippen molar-refractivity contribution in [2.75, 3.05) is 4.90 Å². The Balaban J connectivity index is 1.62. The molecule has 0 bridgehead atoms. The number of hydrogen-bond donors (Lipinski definition) is 0. The van der Waals surface area contributed by atoms with Crippen molar-refractivity contribution >= 4 is 17.6 Å². The number of anilines is 1. The molecule has 1 aliphatic heterocycles. The molecule has 1 fully saturated rings. The summed E-state index contributed by atoms with van der Waals surface area (Å²) in [5.74, 6) is 0.143. The van der Waals surface area contributed by atoms with Crippen LogP contribution in [-0.4, -0.2) is 43.1 Å². The third-order valence-electron chi connectivity index (χ3n) is 4.59. The summed E-state index contributed by atoms with van der Waals surface area (Å²) in [6.07, 6.45) is 0. The van der Waals surface area contributed by atoms with E-state index in [4.69, 9.17) is 0 Å². The molecule has 4 rings (SSSR count). The number of aryl methyl sites for hydroxylation is 1. The standard InChI is InChI=1S/C19H18N6O2/c1-13-8-10-15(11-9-13)24-14(2)18(26)23(19(24)27)12-17-20-21-22-25(17)16-6-4-3-5-7-16/h3-11,14H,12H2,1-2H3/t14-/m1/s1. The van der Waals surface area contributed by atoms with E-state index in [2.05, 4.69) is 15.5 Å². The number of rotatable bonds is 4. The van der Waals surface area contributed by atoms with Crippen molar-refractivity contribution < 1.29 is 9.59 Å². The molecule has 0 unspecified atom stereocenters. The molecular formula is C19H18N6O2. The lowest BCUT2D eigenvalue weighted by Gasteiger charge is -2.19. The predicted octanol–water partition coefficient (Wildman–Crippen LogP) is 2.33. The Bertz CT molecular complexity index is 983. The highest BCUT2D eigenvalue weighted by molar-refractivity contribution is 6.13. The summed E-state index contributed by atoms with van der Waals surface area (Å²) in [7, 11) is 0. The van der Waals surface area contributed by atoms with Crippen LogP contribution in [0.1, 0.15) is 18.3 Å². The fourth-order valence-electron chi connectivity index (χ4n) is 3.13. The lowest BCUT2D eigenvalue weighted by atomic mass is 10.2. The average Bonchev–Trinajstić information content (AvgIpc) is 3.23. The lowest BCUT2D eigenvalue weighted by molar-refractivity contribution is -0.127. The topological polar surface area (TPSA) is 84.2 Å². The summed E-state index contributed by atoms with van der Waals surface area (Å²) < 4.78 is 1.53. The fraction of sp³-hybridized carbons (Fsp3) is 0.211. The first kappa shape index (κ1) is 16.9. The maximum atomic E-state index is 12.9. The number of aromatic nitrogens is 4. The number of carbonyl (C=O) groups excluding carboxylic acids is 2. The minimum Gasteiger partial charge on any atom is -0.282 e. The third-order valence-corrected chi connectivity index (χ3v) is 4.59. The van der Waals surface area contributed by atoms with E-state index in [1.165, 1.54) is 14.5 Å². The van der Waals surface area contributed by atoms with Gasteiger partial charge in [0.25, 0.3) is 5.91 Å². The second-order valence-corrected chi connectivity index (χ2v) is 6.43. The maximum absolute atomic E-state index is 12.9. The molecular weight excluding hydrogens is 344 g/mol. The Morgan fingerprint density at radius 3 is 2.37 bits per heavy atom. The molecule has 3 amide bonds. The number of para-hydroxylation sites is 1. The smallest absolute Gasteiger partial charge is 0.282 e. The van der Waals surface area contributed by atoms with Crippen LogP contribution in [0.2, 0.25) is 0 Å². The van der Waals surface area contributed by atoms with Gasteiger partial charge in [-0.3, -0.25) is 14.6 Å². The zero-order valence-corrected chi connectivity index (χ0v) is 15.0. The van der Waals surface area contributed by atoms with Gasteiger partial charge in [0.05, 0.1) is 12.2 Å². The van der Waals surface area contributed by atoms with E-state index in [1.807, 2.05) is 61.5 Å². The predicted molar refractivity (Wildman–Crippen MR) is 98.2 cm³/mol. The summed E-state index contributed by atoms with van der Waals surface area (Å²) >= 11 is 0. The minimum atomic E-state index is -0.582. The van der Waals surface area contributed by atoms with E-state index < -0.39 is 6.04 Å². The van der Waals surface area contributed by atoms with E-state index in [1.54, 1.807) is 6.92 Å². The van der Waals surface area contributed by atoms with Gasteiger partial charge in [0.1, 0.15) is 6.04 Å². The largest absolute Gasteiger partial charge is 0.332 e. The van der Waals surface area contributed by atoms with Gasteiger partial charge < -0.3 is 0 Å². The van der Waals surface area contributed by atoms with Gasteiger partial charge >= 0.3 is 6.03 Å². The van der Waals surface area contributed by atoms with Crippen molar-refractivity contribution in [3.8, 4) is 5.69 Å². The molecule has 136 valence electrons. The van der Waals surface area contributed by atoms with Crippen molar-refractivity contribution in [1.29, 1.82) is 0 Å². The molecule has 2 aromatic carbocycles. The zero-order chi connectivity index (χ0) is 19.0. The highest BCUT2D eigenvalue weighted by atomic mass is 16.2. The Morgan fingerprint density at radius 1 is 0.963 bits per heavy atom. The number of hydrogen-bond acceptors (Lipinski definition) is 5. The molecule has 8 nitrogen and oxygen atoms in total. The fourth-order valence-corrected chi connectivity index (χ4v) is 3.13. The van der Waals surface area contributed by atoms with E-state index in [0.29, 0.717) is 11.5 Å². The Kier molecular flexibility index (Phi) is 4.15. The number of amides is 3. The van der Waals surface area contributed by atoms with Crippen molar-refractivity contribution in [2.24, 2.45) is 0 Å². The second-order valence-electron chi connectivity index (χ2n) is 6.43. The summed E-state index contributed by atoms with van der Waals surface area (Å²) in [6.45, 7) is 3.70. The average molecular weight is 362 g/mol. The molecule has 0 spiro atoms. The molecule has 1 aliphatic rings. The van der Waals surface area contributed by atoms with Crippen LogP contribution < -0.4 is 4.90 Å². The summed E-state index contributed by atoms with van der Waals surface area (Å²) in [5.41, 5.74) is 2.54. The molecule has 2 heterocycles. The molecule has 3 aromatic rings. The molecule has 27 heavy (non-hydrogen) atoms. The number of nitrogens with zero attached hydrogens (tertiary/aromatic N) is 6. The van der Waals surface area contributed by atoms with E-state index in [-0.39, 0.29) is 18.5 Å². The number of imide groups is 1. The molecule has 0 aliphatic carbocycles. The molecule has 0 radical (unpaired) electrons. The van der Waals surface area contributed by atoms with Crippen LogP contribution in [0.25, 0.3) is 5.69 Å². The summed E-state index contributed by atoms with van der Waals surface area (Å²) in [5, 5.41) is 11.7. The SMILES string of the molecule is Cc1ccc(N2C(=O)N(Cc3nnnn3-c3ccccc3)C(=O)[C@H]2C)cc1. The van der Waals surface area contributed by atoms with Crippen LogP contribution in [0, 0.1) is 6.92 Å². The number of benzene rings is 2.